The fourth-order valence-electron chi connectivity index (χ4n) is 4.15. The van der Waals surface area contributed by atoms with E-state index in [-0.39, 0.29) is 5.69 Å². The number of thiocarbonyl (C=S) groups is 1. The monoisotopic (exact) mass is 470 g/mol. The van der Waals surface area contributed by atoms with Gasteiger partial charge in [0.1, 0.15) is 5.82 Å². The van der Waals surface area contributed by atoms with Crippen molar-refractivity contribution in [1.29, 1.82) is 0 Å². The molecule has 1 aromatic carbocycles. The molecule has 6 nitrogen and oxygen atoms in total. The van der Waals surface area contributed by atoms with Crippen molar-refractivity contribution < 1.29 is 13.2 Å². The summed E-state index contributed by atoms with van der Waals surface area (Å²) in [6.45, 7) is 3.94. The lowest BCUT2D eigenvalue weighted by molar-refractivity contribution is -0.137. The Morgan fingerprint density at radius 1 is 1.09 bits per heavy atom. The van der Waals surface area contributed by atoms with Crippen LogP contribution in [0.3, 0.4) is 0 Å². The van der Waals surface area contributed by atoms with Gasteiger partial charge in [-0.25, -0.2) is 15.0 Å². The molecular formula is C23H21F3N6S. The summed E-state index contributed by atoms with van der Waals surface area (Å²) in [7, 11) is 0. The molecule has 0 amide bonds. The van der Waals surface area contributed by atoms with Crippen LogP contribution < -0.4 is 15.5 Å². The first-order chi connectivity index (χ1) is 15.8. The lowest BCUT2D eigenvalue weighted by Crippen LogP contribution is -2.19. The molecule has 2 aliphatic heterocycles. The van der Waals surface area contributed by atoms with Crippen LogP contribution in [0.4, 0.5) is 36.3 Å². The highest BCUT2D eigenvalue weighted by atomic mass is 32.1. The highest BCUT2D eigenvalue weighted by Gasteiger charge is 2.32. The van der Waals surface area contributed by atoms with Crippen LogP contribution in [0.15, 0.2) is 36.5 Å². The van der Waals surface area contributed by atoms with Crippen molar-refractivity contribution in [3.8, 4) is 11.3 Å². The second-order valence-electron chi connectivity index (χ2n) is 8.17. The molecule has 170 valence electrons. The molecule has 0 spiro atoms. The van der Waals surface area contributed by atoms with Gasteiger partial charge in [0, 0.05) is 42.5 Å². The third kappa shape index (κ3) is 4.35. The van der Waals surface area contributed by atoms with Crippen LogP contribution in [0.2, 0.25) is 0 Å². The number of hydrogen-bond donors (Lipinski definition) is 2. The maximum atomic E-state index is 13.2. The molecule has 0 bridgehead atoms. The van der Waals surface area contributed by atoms with Crippen molar-refractivity contribution in [2.75, 3.05) is 28.6 Å². The number of benzene rings is 1. The van der Waals surface area contributed by atoms with Gasteiger partial charge in [-0.05, 0) is 44.0 Å². The Bertz CT molecular complexity index is 1240. The normalized spacial score (nSPS) is 15.5. The van der Waals surface area contributed by atoms with E-state index in [1.165, 1.54) is 18.9 Å². The van der Waals surface area contributed by atoms with Crippen molar-refractivity contribution in [1.82, 2.24) is 15.0 Å². The van der Waals surface area contributed by atoms with Crippen LogP contribution in [0.1, 0.15) is 29.7 Å². The topological polar surface area (TPSA) is 66.0 Å². The molecule has 1 saturated heterocycles. The number of aryl methyl sites for hydroxylation is 1. The molecule has 0 unspecified atom stereocenters. The van der Waals surface area contributed by atoms with Crippen LogP contribution in [0, 0.1) is 6.92 Å². The maximum absolute atomic E-state index is 13.2. The summed E-state index contributed by atoms with van der Waals surface area (Å²) >= 11 is 5.32. The number of pyridine rings is 1. The largest absolute Gasteiger partial charge is 0.416 e. The Balaban J connectivity index is 1.48. The Hall–Kier alpha value is -3.27. The van der Waals surface area contributed by atoms with Gasteiger partial charge in [-0.15, -0.1) is 0 Å². The predicted octanol–water partition coefficient (Wildman–Crippen LogP) is 5.51. The van der Waals surface area contributed by atoms with E-state index in [0.29, 0.717) is 28.6 Å². The highest BCUT2D eigenvalue weighted by Crippen LogP contribution is 2.38. The average Bonchev–Trinajstić information content (AvgIpc) is 3.26. The Morgan fingerprint density at radius 2 is 1.88 bits per heavy atom. The van der Waals surface area contributed by atoms with Crippen molar-refractivity contribution in [2.24, 2.45) is 0 Å². The molecule has 0 aliphatic carbocycles. The maximum Gasteiger partial charge on any atom is 0.416 e. The molecule has 3 aromatic rings. The zero-order valence-corrected chi connectivity index (χ0v) is 18.6. The Morgan fingerprint density at radius 3 is 2.61 bits per heavy atom. The molecule has 33 heavy (non-hydrogen) atoms. The summed E-state index contributed by atoms with van der Waals surface area (Å²) in [6, 6.07) is 7.47. The van der Waals surface area contributed by atoms with E-state index in [4.69, 9.17) is 17.2 Å². The molecule has 5 rings (SSSR count). The lowest BCUT2D eigenvalue weighted by Gasteiger charge is -2.18. The number of nitrogens with one attached hydrogen (secondary N) is 2. The molecule has 0 radical (unpaired) electrons. The van der Waals surface area contributed by atoms with E-state index < -0.39 is 11.7 Å². The van der Waals surface area contributed by atoms with Crippen LogP contribution in [-0.2, 0) is 12.6 Å². The second-order valence-corrected chi connectivity index (χ2v) is 8.66. The van der Waals surface area contributed by atoms with Gasteiger partial charge < -0.3 is 15.5 Å². The fraction of sp³-hybridized carbons (Fsp3) is 0.304. The highest BCUT2D eigenvalue weighted by molar-refractivity contribution is 7.80. The number of nitrogens with zero attached hydrogens (tertiary/aromatic N) is 4. The smallest absolute Gasteiger partial charge is 0.357 e. The van der Waals surface area contributed by atoms with E-state index in [1.54, 1.807) is 6.20 Å². The standard InChI is InChI=1S/C23H21F3N6S/c1-13-17(6-7-19(28-13)32-8-2-3-9-32)30-22-27-12-14-10-20(33)29-18-11-15(23(24,25)26)4-5-16(18)21(14)31-22/h4-7,11-12H,2-3,8-10H2,1H3,(H,29,33)(H,27,30,31). The van der Waals surface area contributed by atoms with Gasteiger partial charge in [0.05, 0.1) is 27.6 Å². The average molecular weight is 471 g/mol. The lowest BCUT2D eigenvalue weighted by atomic mass is 10.0. The fourth-order valence-corrected chi connectivity index (χ4v) is 4.42. The van der Waals surface area contributed by atoms with Crippen molar-refractivity contribution in [3.05, 3.63) is 53.3 Å². The summed E-state index contributed by atoms with van der Waals surface area (Å²) in [5.41, 5.74) is 2.96. The quantitative estimate of drug-likeness (QED) is 0.490. The predicted molar refractivity (Wildman–Crippen MR) is 126 cm³/mol. The molecule has 10 heteroatoms. The number of rotatable bonds is 3. The Labute approximate surface area is 194 Å². The number of anilines is 4. The van der Waals surface area contributed by atoms with E-state index in [1.807, 2.05) is 19.1 Å². The summed E-state index contributed by atoms with van der Waals surface area (Å²) in [4.78, 5) is 16.4. The first-order valence-corrected chi connectivity index (χ1v) is 11.1. The SMILES string of the molecule is Cc1nc(N2CCCC2)ccc1Nc1ncc2c(n1)-c1ccc(C(F)(F)F)cc1NC(=S)C2. The van der Waals surface area contributed by atoms with Gasteiger partial charge in [0.15, 0.2) is 0 Å². The molecular weight excluding hydrogens is 449 g/mol. The molecule has 2 aliphatic rings. The minimum atomic E-state index is -4.45. The summed E-state index contributed by atoms with van der Waals surface area (Å²) in [6.07, 6.45) is -0.0989. The van der Waals surface area contributed by atoms with Gasteiger partial charge in [-0.2, -0.15) is 13.2 Å². The van der Waals surface area contributed by atoms with Gasteiger partial charge in [-0.3, -0.25) is 0 Å². The van der Waals surface area contributed by atoms with Crippen LogP contribution >= 0.6 is 12.2 Å². The zero-order chi connectivity index (χ0) is 23.2. The number of aromatic nitrogens is 3. The van der Waals surface area contributed by atoms with Crippen LogP contribution in [-0.4, -0.2) is 33.0 Å². The van der Waals surface area contributed by atoms with Gasteiger partial charge in [0.2, 0.25) is 5.95 Å². The van der Waals surface area contributed by atoms with E-state index in [2.05, 4.69) is 25.5 Å². The molecule has 4 heterocycles. The molecule has 2 N–H and O–H groups in total. The summed E-state index contributed by atoms with van der Waals surface area (Å²) < 4.78 is 39.7. The van der Waals surface area contributed by atoms with Gasteiger partial charge in [0.25, 0.3) is 0 Å². The zero-order valence-electron chi connectivity index (χ0n) is 17.8. The van der Waals surface area contributed by atoms with E-state index in [0.717, 1.165) is 48.0 Å². The molecule has 1 fully saturated rings. The second kappa shape index (κ2) is 8.26. The first kappa shape index (κ1) is 21.6. The van der Waals surface area contributed by atoms with Crippen molar-refractivity contribution in [2.45, 2.75) is 32.4 Å². The minimum absolute atomic E-state index is 0.283. The first-order valence-electron chi connectivity index (χ1n) is 10.6. The van der Waals surface area contributed by atoms with E-state index >= 15 is 0 Å². The number of fused-ring (bicyclic) bond motifs is 3. The van der Waals surface area contributed by atoms with Crippen molar-refractivity contribution in [3.63, 3.8) is 0 Å². The van der Waals surface area contributed by atoms with Crippen LogP contribution in [0.25, 0.3) is 11.3 Å². The van der Waals surface area contributed by atoms with Crippen molar-refractivity contribution >= 4 is 40.3 Å². The Kier molecular flexibility index (Phi) is 5.40. The van der Waals surface area contributed by atoms with E-state index in [9.17, 15) is 13.2 Å². The van der Waals surface area contributed by atoms with Gasteiger partial charge >= 0.3 is 6.18 Å². The molecule has 0 saturated carbocycles. The number of halogens is 3. The summed E-state index contributed by atoms with van der Waals surface area (Å²) in [5.74, 6) is 1.29. The van der Waals surface area contributed by atoms with Crippen LogP contribution in [0.5, 0.6) is 0 Å². The number of hydrogen-bond acceptors (Lipinski definition) is 6. The third-order valence-corrected chi connectivity index (χ3v) is 6.09. The molecule has 2 aromatic heterocycles. The molecule has 0 atom stereocenters. The van der Waals surface area contributed by atoms with Gasteiger partial charge in [-0.1, -0.05) is 18.3 Å². The summed E-state index contributed by atoms with van der Waals surface area (Å²) in [5, 5.41) is 6.12. The minimum Gasteiger partial charge on any atom is -0.357 e. The third-order valence-electron chi connectivity index (χ3n) is 5.84. The number of alkyl halides is 3.